The van der Waals surface area contributed by atoms with E-state index < -0.39 is 5.91 Å². The van der Waals surface area contributed by atoms with Gasteiger partial charge in [-0.05, 0) is 24.3 Å². The van der Waals surface area contributed by atoms with Gasteiger partial charge in [0, 0.05) is 44.0 Å². The Morgan fingerprint density at radius 3 is 2.58 bits per heavy atom. The molecular formula is C17H21N5O4. The highest BCUT2D eigenvalue weighted by Gasteiger charge is 2.24. The van der Waals surface area contributed by atoms with E-state index in [2.05, 4.69) is 10.3 Å². The van der Waals surface area contributed by atoms with Crippen LogP contribution in [0.15, 0.2) is 43.0 Å². The second kappa shape index (κ2) is 8.34. The van der Waals surface area contributed by atoms with Crippen LogP contribution in [-0.4, -0.2) is 57.3 Å². The number of carbonyl (C=O) groups excluding carboxylic acids is 2. The van der Waals surface area contributed by atoms with Gasteiger partial charge in [-0.25, -0.2) is 15.3 Å². The van der Waals surface area contributed by atoms with Gasteiger partial charge in [0.1, 0.15) is 18.4 Å². The molecule has 0 saturated carbocycles. The van der Waals surface area contributed by atoms with E-state index in [4.69, 9.17) is 9.94 Å². The van der Waals surface area contributed by atoms with Gasteiger partial charge in [-0.3, -0.25) is 10.0 Å². The fourth-order valence-electron chi connectivity index (χ4n) is 2.79. The van der Waals surface area contributed by atoms with Crippen molar-refractivity contribution >= 4 is 11.9 Å². The molecule has 9 heteroatoms. The molecule has 0 unspecified atom stereocenters. The molecule has 138 valence electrons. The molecule has 0 bridgehead atoms. The highest BCUT2D eigenvalue weighted by molar-refractivity contribution is 5.83. The molecule has 3 amide bonds. The molecule has 1 aromatic heterocycles. The maximum Gasteiger partial charge on any atom is 0.317 e. The lowest BCUT2D eigenvalue weighted by atomic mass is 10.1. The molecule has 1 fully saturated rings. The summed E-state index contributed by atoms with van der Waals surface area (Å²) in [5.41, 5.74) is 2.48. The Balaban J connectivity index is 1.45. The van der Waals surface area contributed by atoms with Gasteiger partial charge < -0.3 is 19.5 Å². The van der Waals surface area contributed by atoms with Crippen LogP contribution in [0.4, 0.5) is 4.79 Å². The summed E-state index contributed by atoms with van der Waals surface area (Å²) < 4.78 is 7.91. The molecule has 1 saturated heterocycles. The van der Waals surface area contributed by atoms with Gasteiger partial charge in [-0.2, -0.15) is 0 Å². The van der Waals surface area contributed by atoms with Crippen molar-refractivity contribution in [3.05, 3.63) is 43.0 Å². The zero-order valence-electron chi connectivity index (χ0n) is 14.2. The van der Waals surface area contributed by atoms with Crippen molar-refractivity contribution in [2.24, 2.45) is 0 Å². The van der Waals surface area contributed by atoms with Crippen molar-refractivity contribution < 1.29 is 19.5 Å². The summed E-state index contributed by atoms with van der Waals surface area (Å²) in [6, 6.07) is 7.44. The van der Waals surface area contributed by atoms with Gasteiger partial charge in [-0.1, -0.05) is 0 Å². The van der Waals surface area contributed by atoms with Crippen LogP contribution in [-0.2, 0) is 4.79 Å². The average Bonchev–Trinajstić information content (AvgIpc) is 3.22. The molecular weight excluding hydrogens is 338 g/mol. The third-order valence-corrected chi connectivity index (χ3v) is 4.20. The Labute approximate surface area is 150 Å². The van der Waals surface area contributed by atoms with Crippen LogP contribution < -0.4 is 15.5 Å². The van der Waals surface area contributed by atoms with Crippen molar-refractivity contribution in [2.75, 3.05) is 19.6 Å². The Hall–Kier alpha value is -3.07. The van der Waals surface area contributed by atoms with Crippen molar-refractivity contribution in [3.63, 3.8) is 0 Å². The molecule has 9 nitrogen and oxygen atoms in total. The number of likely N-dealkylation sites (tertiary alicyclic amines) is 1. The molecule has 0 aliphatic carbocycles. The molecule has 0 spiro atoms. The van der Waals surface area contributed by atoms with Gasteiger partial charge in [0.05, 0.1) is 6.33 Å². The molecule has 1 aromatic carbocycles. The minimum atomic E-state index is -0.657. The molecule has 2 aromatic rings. The molecule has 2 heterocycles. The van der Waals surface area contributed by atoms with E-state index in [0.29, 0.717) is 25.9 Å². The van der Waals surface area contributed by atoms with E-state index >= 15 is 0 Å². The van der Waals surface area contributed by atoms with Gasteiger partial charge in [0.2, 0.25) is 0 Å². The molecule has 1 aliphatic rings. The number of hydroxylamine groups is 1. The third-order valence-electron chi connectivity index (χ3n) is 4.20. The minimum Gasteiger partial charge on any atom is -0.490 e. The first kappa shape index (κ1) is 17.7. The number of nitrogens with zero attached hydrogens (tertiary/aromatic N) is 3. The van der Waals surface area contributed by atoms with Crippen LogP contribution in [0.1, 0.15) is 12.8 Å². The van der Waals surface area contributed by atoms with E-state index in [1.165, 1.54) is 5.48 Å². The zero-order valence-corrected chi connectivity index (χ0v) is 14.2. The largest absolute Gasteiger partial charge is 0.490 e. The number of amides is 3. The van der Waals surface area contributed by atoms with Crippen LogP contribution in [0.5, 0.6) is 5.75 Å². The van der Waals surface area contributed by atoms with Gasteiger partial charge in [0.25, 0.3) is 5.91 Å². The first-order chi connectivity index (χ1) is 12.7. The second-order valence-electron chi connectivity index (χ2n) is 5.96. The van der Waals surface area contributed by atoms with E-state index in [0.717, 1.165) is 11.4 Å². The second-order valence-corrected chi connectivity index (χ2v) is 5.96. The number of imidazole rings is 1. The predicted molar refractivity (Wildman–Crippen MR) is 92.1 cm³/mol. The van der Waals surface area contributed by atoms with Crippen LogP contribution >= 0.6 is 0 Å². The number of piperidine rings is 1. The molecule has 0 radical (unpaired) electrons. The number of rotatable bonds is 5. The van der Waals surface area contributed by atoms with Crippen LogP contribution in [0.2, 0.25) is 0 Å². The fraction of sp³-hybridized carbons (Fsp3) is 0.353. The number of carbonyl (C=O) groups is 2. The summed E-state index contributed by atoms with van der Waals surface area (Å²) in [6.45, 7) is 0.837. The highest BCUT2D eigenvalue weighted by Crippen LogP contribution is 2.20. The molecule has 26 heavy (non-hydrogen) atoms. The Bertz CT molecular complexity index is 724. The molecule has 0 atom stereocenters. The third kappa shape index (κ3) is 4.51. The first-order valence-corrected chi connectivity index (χ1v) is 8.36. The topological polar surface area (TPSA) is 109 Å². The van der Waals surface area contributed by atoms with Crippen LogP contribution in [0, 0.1) is 0 Å². The number of nitrogens with one attached hydrogen (secondary N) is 2. The number of benzene rings is 1. The Kier molecular flexibility index (Phi) is 5.69. The maximum atomic E-state index is 11.9. The lowest BCUT2D eigenvalue weighted by molar-refractivity contribution is -0.128. The van der Waals surface area contributed by atoms with E-state index in [9.17, 15) is 9.59 Å². The van der Waals surface area contributed by atoms with E-state index in [1.807, 2.05) is 35.0 Å². The number of hydrogen-bond donors (Lipinski definition) is 3. The lowest BCUT2D eigenvalue weighted by Crippen LogP contribution is -2.48. The van der Waals surface area contributed by atoms with E-state index in [-0.39, 0.29) is 18.7 Å². The van der Waals surface area contributed by atoms with Crippen molar-refractivity contribution in [2.45, 2.75) is 18.9 Å². The quantitative estimate of drug-likeness (QED) is 0.544. The summed E-state index contributed by atoms with van der Waals surface area (Å²) in [4.78, 5) is 28.5. The van der Waals surface area contributed by atoms with Crippen molar-refractivity contribution in [1.29, 1.82) is 0 Å². The summed E-state index contributed by atoms with van der Waals surface area (Å²) in [5.74, 6) is 0.132. The smallest absolute Gasteiger partial charge is 0.317 e. The SMILES string of the molecule is O=C(CNC(=O)N1CCC(Oc2ccc(-n3ccnc3)cc2)CC1)NO. The zero-order chi connectivity index (χ0) is 18.4. The lowest BCUT2D eigenvalue weighted by Gasteiger charge is -2.32. The Morgan fingerprint density at radius 2 is 1.96 bits per heavy atom. The summed E-state index contributed by atoms with van der Waals surface area (Å²) in [5, 5.41) is 10.9. The first-order valence-electron chi connectivity index (χ1n) is 8.36. The fourth-order valence-corrected chi connectivity index (χ4v) is 2.79. The number of aromatic nitrogens is 2. The van der Waals surface area contributed by atoms with Crippen LogP contribution in [0.25, 0.3) is 5.69 Å². The molecule has 3 N–H and O–H groups in total. The Morgan fingerprint density at radius 1 is 1.23 bits per heavy atom. The van der Waals surface area contributed by atoms with Gasteiger partial charge in [0.15, 0.2) is 0 Å². The maximum absolute atomic E-state index is 11.9. The van der Waals surface area contributed by atoms with E-state index in [1.54, 1.807) is 17.4 Å². The standard InChI is InChI=1S/C17H21N5O4/c23-16(20-25)11-19-17(24)21-8-5-15(6-9-21)26-14-3-1-13(2-4-14)22-10-7-18-12-22/h1-4,7,10,12,15,25H,5-6,8-9,11H2,(H,19,24)(H,20,23). The summed E-state index contributed by atoms with van der Waals surface area (Å²) in [7, 11) is 0. The van der Waals surface area contributed by atoms with Crippen molar-refractivity contribution in [1.82, 2.24) is 25.2 Å². The molecule has 1 aliphatic heterocycles. The van der Waals surface area contributed by atoms with Gasteiger partial charge >= 0.3 is 6.03 Å². The monoisotopic (exact) mass is 359 g/mol. The summed E-state index contributed by atoms with van der Waals surface area (Å²) >= 11 is 0. The van der Waals surface area contributed by atoms with Gasteiger partial charge in [-0.15, -0.1) is 0 Å². The number of hydrogen-bond acceptors (Lipinski definition) is 5. The highest BCUT2D eigenvalue weighted by atomic mass is 16.5. The normalized spacial score (nSPS) is 14.7. The van der Waals surface area contributed by atoms with Crippen LogP contribution in [0.3, 0.4) is 0 Å². The number of ether oxygens (including phenoxy) is 1. The number of urea groups is 1. The molecule has 3 rings (SSSR count). The average molecular weight is 359 g/mol. The predicted octanol–water partition coefficient (Wildman–Crippen LogP) is 0.930. The minimum absolute atomic E-state index is 0.0406. The van der Waals surface area contributed by atoms with Crippen molar-refractivity contribution in [3.8, 4) is 11.4 Å². The summed E-state index contributed by atoms with van der Waals surface area (Å²) in [6.07, 6.45) is 6.80.